The van der Waals surface area contributed by atoms with Gasteiger partial charge in [-0.1, -0.05) is 43.7 Å². The molecule has 1 aliphatic carbocycles. The molecular formula is C37H42O7. The van der Waals surface area contributed by atoms with E-state index in [9.17, 15) is 20.4 Å². The normalized spacial score (nSPS) is 19.4. The number of benzene rings is 4. The summed E-state index contributed by atoms with van der Waals surface area (Å²) in [5.74, 6) is 2.66. The van der Waals surface area contributed by atoms with Gasteiger partial charge in [0.2, 0.25) is 0 Å². The Balaban J connectivity index is 1.50. The van der Waals surface area contributed by atoms with E-state index in [0.29, 0.717) is 35.2 Å². The molecule has 0 fully saturated rings. The minimum atomic E-state index is -0.819. The van der Waals surface area contributed by atoms with E-state index in [4.69, 9.17) is 14.2 Å². The van der Waals surface area contributed by atoms with Crippen LogP contribution in [0.2, 0.25) is 0 Å². The average molecular weight is 599 g/mol. The highest BCUT2D eigenvalue weighted by Gasteiger charge is 2.39. The van der Waals surface area contributed by atoms with E-state index in [0.717, 1.165) is 77.1 Å². The molecule has 4 atom stereocenters. The SMILES string of the molecule is CC[C@H](CCCO)CC[C@@H]1Cc2cc(O)c3ccccc3c2-c2c(OC)cc3c(c21)C[C@@H](O)[C@H](c1ccc(O)c(OC)c1)O3. The molecule has 4 aromatic rings. The Morgan fingerprint density at radius 2 is 1.66 bits per heavy atom. The number of rotatable bonds is 10. The summed E-state index contributed by atoms with van der Waals surface area (Å²) in [6.07, 6.45) is 4.48. The Morgan fingerprint density at radius 3 is 2.39 bits per heavy atom. The molecule has 0 amide bonds. The lowest BCUT2D eigenvalue weighted by Gasteiger charge is -2.38. The summed E-state index contributed by atoms with van der Waals surface area (Å²) in [4.78, 5) is 0. The molecule has 44 heavy (non-hydrogen) atoms. The summed E-state index contributed by atoms with van der Waals surface area (Å²) in [5, 5.41) is 43.9. The Morgan fingerprint density at radius 1 is 0.886 bits per heavy atom. The number of phenolic OH excluding ortho intramolecular Hbond substituents is 2. The third-order valence-electron chi connectivity index (χ3n) is 9.67. The van der Waals surface area contributed by atoms with E-state index in [2.05, 4.69) is 13.0 Å². The Hall–Kier alpha value is -3.94. The van der Waals surface area contributed by atoms with Crippen molar-refractivity contribution in [2.24, 2.45) is 5.92 Å². The molecule has 7 nitrogen and oxygen atoms in total. The first kappa shape index (κ1) is 30.1. The first-order chi connectivity index (χ1) is 21.4. The predicted molar refractivity (Wildman–Crippen MR) is 171 cm³/mol. The molecule has 0 unspecified atom stereocenters. The number of fused-ring (bicyclic) bond motifs is 7. The van der Waals surface area contributed by atoms with Gasteiger partial charge in [-0.15, -0.1) is 0 Å². The van der Waals surface area contributed by atoms with Crippen molar-refractivity contribution in [2.75, 3.05) is 20.8 Å². The number of methoxy groups -OCH3 is 2. The van der Waals surface area contributed by atoms with Crippen LogP contribution in [0.1, 0.15) is 73.3 Å². The van der Waals surface area contributed by atoms with Crippen LogP contribution < -0.4 is 14.2 Å². The minimum absolute atomic E-state index is 0.0295. The third-order valence-corrected chi connectivity index (χ3v) is 9.67. The Kier molecular flexibility index (Phi) is 8.61. The van der Waals surface area contributed by atoms with Crippen LogP contribution in [-0.4, -0.2) is 47.4 Å². The van der Waals surface area contributed by atoms with Gasteiger partial charge < -0.3 is 34.6 Å². The highest BCUT2D eigenvalue weighted by molar-refractivity contribution is 6.04. The van der Waals surface area contributed by atoms with Crippen LogP contribution in [0.4, 0.5) is 0 Å². The molecule has 4 aromatic carbocycles. The molecule has 0 aromatic heterocycles. The highest BCUT2D eigenvalue weighted by atomic mass is 16.5. The van der Waals surface area contributed by atoms with Gasteiger partial charge in [0, 0.05) is 35.6 Å². The average Bonchev–Trinajstić information content (AvgIpc) is 3.04. The van der Waals surface area contributed by atoms with E-state index in [1.165, 1.54) is 7.11 Å². The van der Waals surface area contributed by atoms with Crippen LogP contribution >= 0.6 is 0 Å². The van der Waals surface area contributed by atoms with Crippen molar-refractivity contribution >= 4 is 10.8 Å². The summed E-state index contributed by atoms with van der Waals surface area (Å²) in [6, 6.07) is 16.8. The number of hydrogen-bond donors (Lipinski definition) is 4. The van der Waals surface area contributed by atoms with Gasteiger partial charge in [0.05, 0.1) is 20.3 Å². The molecular weight excluding hydrogens is 556 g/mol. The monoisotopic (exact) mass is 598 g/mol. The zero-order valence-electron chi connectivity index (χ0n) is 25.7. The van der Waals surface area contributed by atoms with Crippen molar-refractivity contribution in [1.29, 1.82) is 0 Å². The zero-order chi connectivity index (χ0) is 31.0. The second-order valence-corrected chi connectivity index (χ2v) is 12.2. The summed E-state index contributed by atoms with van der Waals surface area (Å²) < 4.78 is 18.0. The first-order valence-electron chi connectivity index (χ1n) is 15.7. The van der Waals surface area contributed by atoms with Gasteiger partial charge in [-0.05, 0) is 89.8 Å². The number of ether oxygens (including phenoxy) is 3. The molecule has 1 heterocycles. The van der Waals surface area contributed by atoms with Crippen molar-refractivity contribution in [2.45, 2.75) is 70.0 Å². The molecule has 4 N–H and O–H groups in total. The quantitative estimate of drug-likeness (QED) is 0.153. The largest absolute Gasteiger partial charge is 0.507 e. The minimum Gasteiger partial charge on any atom is -0.507 e. The standard InChI is InChI=1S/C37H42O7/c1-4-21(8-7-15-38)11-12-22-16-24-17-29(40)25-9-5-6-10-26(25)35(24)36-33(43-3)20-31-27(34(22)36)19-30(41)37(44-31)23-13-14-28(39)32(18-23)42-2/h5-6,9-10,13-14,17-18,20-22,30,37-41H,4,7-8,11-12,15-16,19H2,1-3H3/t21-,22-,30-,37+/m1/s1. The summed E-state index contributed by atoms with van der Waals surface area (Å²) in [6.45, 7) is 2.42. The van der Waals surface area contributed by atoms with E-state index >= 15 is 0 Å². The molecule has 0 bridgehead atoms. The summed E-state index contributed by atoms with van der Waals surface area (Å²) in [5.41, 5.74) is 6.03. The smallest absolute Gasteiger partial charge is 0.160 e. The van der Waals surface area contributed by atoms with E-state index in [1.54, 1.807) is 25.3 Å². The fourth-order valence-electron chi connectivity index (χ4n) is 7.42. The maximum Gasteiger partial charge on any atom is 0.160 e. The summed E-state index contributed by atoms with van der Waals surface area (Å²) in [7, 11) is 3.17. The Bertz CT molecular complexity index is 1660. The first-order valence-corrected chi connectivity index (χ1v) is 15.7. The lowest BCUT2D eigenvalue weighted by Crippen LogP contribution is -2.32. The fraction of sp³-hybridized carbons (Fsp3) is 0.405. The van der Waals surface area contributed by atoms with Crippen LogP contribution in [0.25, 0.3) is 21.9 Å². The maximum absolute atomic E-state index is 11.6. The third kappa shape index (κ3) is 5.33. The number of aliphatic hydroxyl groups excluding tert-OH is 2. The molecule has 0 saturated carbocycles. The van der Waals surface area contributed by atoms with Crippen LogP contribution in [-0.2, 0) is 12.8 Å². The number of aromatic hydroxyl groups is 2. The topological polar surface area (TPSA) is 109 Å². The van der Waals surface area contributed by atoms with Gasteiger partial charge in [0.15, 0.2) is 11.5 Å². The van der Waals surface area contributed by atoms with Gasteiger partial charge in [-0.2, -0.15) is 0 Å². The molecule has 6 rings (SSSR count). The Labute approximate surface area is 258 Å². The van der Waals surface area contributed by atoms with Crippen molar-refractivity contribution < 1.29 is 34.6 Å². The van der Waals surface area contributed by atoms with Crippen LogP contribution in [0.15, 0.2) is 54.6 Å². The second kappa shape index (κ2) is 12.6. The molecule has 0 radical (unpaired) electrons. The van der Waals surface area contributed by atoms with Crippen molar-refractivity contribution in [3.05, 3.63) is 76.9 Å². The maximum atomic E-state index is 11.6. The van der Waals surface area contributed by atoms with Gasteiger partial charge in [-0.25, -0.2) is 0 Å². The molecule has 1 aliphatic heterocycles. The van der Waals surface area contributed by atoms with E-state index in [1.807, 2.05) is 30.3 Å². The van der Waals surface area contributed by atoms with Gasteiger partial charge in [-0.3, -0.25) is 0 Å². The van der Waals surface area contributed by atoms with Gasteiger partial charge in [0.25, 0.3) is 0 Å². The molecule has 0 spiro atoms. The molecule has 0 saturated heterocycles. The van der Waals surface area contributed by atoms with Crippen LogP contribution in [0, 0.1) is 5.92 Å². The highest BCUT2D eigenvalue weighted by Crippen LogP contribution is 2.55. The number of hydrogen-bond acceptors (Lipinski definition) is 7. The van der Waals surface area contributed by atoms with Crippen LogP contribution in [0.3, 0.4) is 0 Å². The fourth-order valence-corrected chi connectivity index (χ4v) is 7.42. The van der Waals surface area contributed by atoms with E-state index < -0.39 is 12.2 Å². The molecule has 2 aliphatic rings. The number of aliphatic hydroxyl groups is 2. The summed E-state index contributed by atoms with van der Waals surface area (Å²) >= 11 is 0. The van der Waals surface area contributed by atoms with Crippen molar-refractivity contribution in [3.63, 3.8) is 0 Å². The van der Waals surface area contributed by atoms with E-state index in [-0.39, 0.29) is 24.0 Å². The second-order valence-electron chi connectivity index (χ2n) is 12.2. The van der Waals surface area contributed by atoms with Gasteiger partial charge in [0.1, 0.15) is 23.4 Å². The van der Waals surface area contributed by atoms with Crippen molar-refractivity contribution in [1.82, 2.24) is 0 Å². The lowest BCUT2D eigenvalue weighted by atomic mass is 9.71. The zero-order valence-corrected chi connectivity index (χ0v) is 25.7. The molecule has 232 valence electrons. The van der Waals surface area contributed by atoms with Gasteiger partial charge >= 0.3 is 0 Å². The number of phenols is 2. The predicted octanol–water partition coefficient (Wildman–Crippen LogP) is 7.19. The molecule has 7 heteroatoms. The lowest BCUT2D eigenvalue weighted by molar-refractivity contribution is 0.0201. The van der Waals surface area contributed by atoms with Crippen molar-refractivity contribution in [3.8, 4) is 39.9 Å². The van der Waals surface area contributed by atoms with Crippen LogP contribution in [0.5, 0.6) is 28.7 Å².